The average Bonchev–Trinajstić information content (AvgIpc) is 2.36. The molecule has 100 valence electrons. The Morgan fingerprint density at radius 2 is 2.17 bits per heavy atom. The fourth-order valence-electron chi connectivity index (χ4n) is 2.71. The van der Waals surface area contributed by atoms with E-state index in [2.05, 4.69) is 47.9 Å². The Morgan fingerprint density at radius 1 is 1.39 bits per heavy atom. The first-order valence-corrected chi connectivity index (χ1v) is 6.97. The standard InChI is InChI=1S/C14H24N4/c1-5-15-13-11(3)14(17-9-16-13)18-8-6-7-10(2)12(18)4/h9-10,12H,5-8H2,1-4H3,(H,15,16,17). The van der Waals surface area contributed by atoms with Gasteiger partial charge < -0.3 is 10.2 Å². The van der Waals surface area contributed by atoms with Crippen LogP contribution in [0.2, 0.25) is 0 Å². The lowest BCUT2D eigenvalue weighted by Crippen LogP contribution is -2.43. The van der Waals surface area contributed by atoms with E-state index < -0.39 is 0 Å². The molecule has 0 spiro atoms. The van der Waals surface area contributed by atoms with Crippen molar-refractivity contribution in [2.24, 2.45) is 5.92 Å². The van der Waals surface area contributed by atoms with E-state index in [1.807, 2.05) is 0 Å². The molecule has 0 saturated carbocycles. The van der Waals surface area contributed by atoms with Crippen LogP contribution in [0.5, 0.6) is 0 Å². The molecule has 0 amide bonds. The molecule has 1 fully saturated rings. The zero-order valence-electron chi connectivity index (χ0n) is 11.9. The summed E-state index contributed by atoms with van der Waals surface area (Å²) < 4.78 is 0. The van der Waals surface area contributed by atoms with Crippen molar-refractivity contribution < 1.29 is 0 Å². The lowest BCUT2D eigenvalue weighted by molar-refractivity contribution is 0.361. The summed E-state index contributed by atoms with van der Waals surface area (Å²) in [7, 11) is 0. The summed E-state index contributed by atoms with van der Waals surface area (Å²) >= 11 is 0. The van der Waals surface area contributed by atoms with Crippen molar-refractivity contribution in [3.8, 4) is 0 Å². The van der Waals surface area contributed by atoms with E-state index in [1.54, 1.807) is 6.33 Å². The van der Waals surface area contributed by atoms with Crippen LogP contribution in [0.4, 0.5) is 11.6 Å². The maximum absolute atomic E-state index is 4.50. The molecule has 1 aliphatic rings. The highest BCUT2D eigenvalue weighted by molar-refractivity contribution is 5.58. The van der Waals surface area contributed by atoms with Crippen molar-refractivity contribution in [1.82, 2.24) is 9.97 Å². The first-order chi connectivity index (χ1) is 8.65. The number of piperidine rings is 1. The van der Waals surface area contributed by atoms with Gasteiger partial charge in [0.2, 0.25) is 0 Å². The number of nitrogens with zero attached hydrogens (tertiary/aromatic N) is 3. The van der Waals surface area contributed by atoms with Gasteiger partial charge in [0.05, 0.1) is 0 Å². The summed E-state index contributed by atoms with van der Waals surface area (Å²) in [6.45, 7) is 10.8. The Hall–Kier alpha value is -1.32. The molecule has 18 heavy (non-hydrogen) atoms. The third-order valence-electron chi connectivity index (χ3n) is 4.05. The predicted molar refractivity (Wildman–Crippen MR) is 76.1 cm³/mol. The van der Waals surface area contributed by atoms with Gasteiger partial charge in [-0.1, -0.05) is 6.92 Å². The Kier molecular flexibility index (Phi) is 4.04. The van der Waals surface area contributed by atoms with E-state index in [1.165, 1.54) is 18.4 Å². The Bertz CT molecular complexity index is 405. The van der Waals surface area contributed by atoms with Crippen molar-refractivity contribution in [1.29, 1.82) is 0 Å². The summed E-state index contributed by atoms with van der Waals surface area (Å²) in [5.41, 5.74) is 1.17. The van der Waals surface area contributed by atoms with Crippen molar-refractivity contribution in [3.63, 3.8) is 0 Å². The molecular weight excluding hydrogens is 224 g/mol. The topological polar surface area (TPSA) is 41.1 Å². The van der Waals surface area contributed by atoms with Crippen LogP contribution in [0.1, 0.15) is 39.2 Å². The first kappa shape index (κ1) is 13.1. The van der Waals surface area contributed by atoms with Gasteiger partial charge in [-0.15, -0.1) is 0 Å². The third kappa shape index (κ3) is 2.42. The first-order valence-electron chi connectivity index (χ1n) is 6.97. The van der Waals surface area contributed by atoms with Crippen LogP contribution in [-0.2, 0) is 0 Å². The predicted octanol–water partition coefficient (Wildman–Crippen LogP) is 2.84. The molecule has 1 saturated heterocycles. The Morgan fingerprint density at radius 3 is 2.89 bits per heavy atom. The van der Waals surface area contributed by atoms with Gasteiger partial charge in [0.15, 0.2) is 0 Å². The molecule has 0 bridgehead atoms. The number of nitrogens with one attached hydrogen (secondary N) is 1. The minimum Gasteiger partial charge on any atom is -0.370 e. The van der Waals surface area contributed by atoms with Crippen LogP contribution in [0.25, 0.3) is 0 Å². The second-order valence-electron chi connectivity index (χ2n) is 5.25. The summed E-state index contributed by atoms with van der Waals surface area (Å²) in [6.07, 6.45) is 4.25. The molecule has 4 heteroatoms. The molecule has 2 unspecified atom stereocenters. The minimum atomic E-state index is 0.557. The van der Waals surface area contributed by atoms with Gasteiger partial charge in [-0.2, -0.15) is 0 Å². The number of hydrogen-bond acceptors (Lipinski definition) is 4. The summed E-state index contributed by atoms with van der Waals surface area (Å²) in [5, 5.41) is 3.30. The van der Waals surface area contributed by atoms with Crippen LogP contribution in [-0.4, -0.2) is 29.1 Å². The van der Waals surface area contributed by atoms with Gasteiger partial charge in [0.25, 0.3) is 0 Å². The fourth-order valence-corrected chi connectivity index (χ4v) is 2.71. The lowest BCUT2D eigenvalue weighted by atomic mass is 9.92. The number of aromatic nitrogens is 2. The van der Waals surface area contributed by atoms with Crippen LogP contribution in [0.3, 0.4) is 0 Å². The number of hydrogen-bond donors (Lipinski definition) is 1. The lowest BCUT2D eigenvalue weighted by Gasteiger charge is -2.39. The minimum absolute atomic E-state index is 0.557. The Labute approximate surface area is 110 Å². The van der Waals surface area contributed by atoms with Crippen molar-refractivity contribution in [2.45, 2.75) is 46.6 Å². The maximum atomic E-state index is 4.50. The second kappa shape index (κ2) is 5.55. The van der Waals surface area contributed by atoms with E-state index in [9.17, 15) is 0 Å². The molecule has 0 radical (unpaired) electrons. The van der Waals surface area contributed by atoms with Crippen molar-refractivity contribution in [2.75, 3.05) is 23.3 Å². The molecule has 1 N–H and O–H groups in total. The molecule has 4 nitrogen and oxygen atoms in total. The summed E-state index contributed by atoms with van der Waals surface area (Å²) in [6, 6.07) is 0.557. The average molecular weight is 248 g/mol. The fraction of sp³-hybridized carbons (Fsp3) is 0.714. The quantitative estimate of drug-likeness (QED) is 0.893. The molecule has 1 aliphatic heterocycles. The van der Waals surface area contributed by atoms with E-state index in [-0.39, 0.29) is 0 Å². The van der Waals surface area contributed by atoms with Gasteiger partial charge in [-0.05, 0) is 39.5 Å². The van der Waals surface area contributed by atoms with Gasteiger partial charge >= 0.3 is 0 Å². The molecule has 2 atom stereocenters. The van der Waals surface area contributed by atoms with Gasteiger partial charge in [0.1, 0.15) is 18.0 Å². The highest BCUT2D eigenvalue weighted by atomic mass is 15.2. The zero-order valence-corrected chi connectivity index (χ0v) is 11.9. The van der Waals surface area contributed by atoms with E-state index >= 15 is 0 Å². The van der Waals surface area contributed by atoms with Crippen LogP contribution in [0, 0.1) is 12.8 Å². The number of anilines is 2. The molecule has 2 heterocycles. The maximum Gasteiger partial charge on any atom is 0.137 e. The second-order valence-corrected chi connectivity index (χ2v) is 5.25. The normalized spacial score (nSPS) is 24.1. The molecule has 2 rings (SSSR count). The van der Waals surface area contributed by atoms with Crippen molar-refractivity contribution in [3.05, 3.63) is 11.9 Å². The van der Waals surface area contributed by atoms with Gasteiger partial charge in [0, 0.05) is 24.7 Å². The largest absolute Gasteiger partial charge is 0.370 e. The smallest absolute Gasteiger partial charge is 0.137 e. The van der Waals surface area contributed by atoms with Crippen molar-refractivity contribution >= 4 is 11.6 Å². The van der Waals surface area contributed by atoms with Crippen LogP contribution >= 0.6 is 0 Å². The van der Waals surface area contributed by atoms with Gasteiger partial charge in [-0.3, -0.25) is 0 Å². The highest BCUT2D eigenvalue weighted by Gasteiger charge is 2.27. The van der Waals surface area contributed by atoms with E-state index in [0.717, 1.165) is 30.6 Å². The highest BCUT2D eigenvalue weighted by Crippen LogP contribution is 2.30. The molecule has 1 aromatic heterocycles. The third-order valence-corrected chi connectivity index (χ3v) is 4.05. The molecular formula is C14H24N4. The molecule has 1 aromatic rings. The SMILES string of the molecule is CCNc1ncnc(N2CCCC(C)C2C)c1C. The molecule has 0 aromatic carbocycles. The summed E-state index contributed by atoms with van der Waals surface area (Å²) in [5.74, 6) is 2.80. The molecule has 0 aliphatic carbocycles. The van der Waals surface area contributed by atoms with Crippen LogP contribution < -0.4 is 10.2 Å². The van der Waals surface area contributed by atoms with Gasteiger partial charge in [-0.25, -0.2) is 9.97 Å². The van der Waals surface area contributed by atoms with E-state index in [4.69, 9.17) is 0 Å². The van der Waals surface area contributed by atoms with E-state index in [0.29, 0.717) is 6.04 Å². The zero-order chi connectivity index (χ0) is 13.1. The Balaban J connectivity index is 2.29. The van der Waals surface area contributed by atoms with Crippen LogP contribution in [0.15, 0.2) is 6.33 Å². The monoisotopic (exact) mass is 248 g/mol. The summed E-state index contributed by atoms with van der Waals surface area (Å²) in [4.78, 5) is 11.3. The number of rotatable bonds is 3.